The molecule has 1 aromatic heterocycles. The Bertz CT molecular complexity index is 753. The zero-order valence-electron chi connectivity index (χ0n) is 13.4. The van der Waals surface area contributed by atoms with E-state index in [9.17, 15) is 9.18 Å². The molecule has 1 aromatic carbocycles. The van der Waals surface area contributed by atoms with Crippen LogP contribution in [0.5, 0.6) is 0 Å². The minimum absolute atomic E-state index is 0. The van der Waals surface area contributed by atoms with Gasteiger partial charge in [-0.2, -0.15) is 0 Å². The van der Waals surface area contributed by atoms with Crippen molar-refractivity contribution in [2.24, 2.45) is 5.73 Å². The number of likely N-dealkylation sites (tertiary alicyclic amines) is 1. The zero-order valence-corrected chi connectivity index (χ0v) is 16.4. The molecule has 0 aliphatic carbocycles. The summed E-state index contributed by atoms with van der Waals surface area (Å²) in [5.74, 6) is -0.453. The molecule has 1 amide bonds. The van der Waals surface area contributed by atoms with Gasteiger partial charge in [-0.3, -0.25) is 9.78 Å². The van der Waals surface area contributed by atoms with Gasteiger partial charge in [-0.15, -0.1) is 12.4 Å². The Morgan fingerprint density at radius 2 is 2.00 bits per heavy atom. The van der Waals surface area contributed by atoms with Crippen molar-refractivity contribution < 1.29 is 9.18 Å². The van der Waals surface area contributed by atoms with E-state index in [4.69, 9.17) is 5.73 Å². The van der Waals surface area contributed by atoms with E-state index in [1.54, 1.807) is 35.5 Å². The predicted octanol–water partition coefficient (Wildman–Crippen LogP) is 3.55. The third-order valence-electron chi connectivity index (χ3n) is 4.08. The first kappa shape index (κ1) is 19.9. The Kier molecular flexibility index (Phi) is 6.97. The van der Waals surface area contributed by atoms with E-state index in [2.05, 4.69) is 32.9 Å². The highest BCUT2D eigenvalue weighted by Crippen LogP contribution is 2.25. The molecule has 1 aliphatic rings. The molecule has 8 heteroatoms. The number of benzene rings is 1. The second-order valence-electron chi connectivity index (χ2n) is 5.80. The minimum atomic E-state index is -0.368. The summed E-state index contributed by atoms with van der Waals surface area (Å²) in [4.78, 5) is 18.6. The number of hydrogen-bond acceptors (Lipinski definition) is 4. The molecule has 5 nitrogen and oxygen atoms in total. The third-order valence-corrected chi connectivity index (χ3v) is 4.75. The van der Waals surface area contributed by atoms with E-state index in [0.717, 1.165) is 16.4 Å². The number of carbonyl (C=O) groups excluding carboxylic acids is 1. The minimum Gasteiger partial charge on any atom is -0.351 e. The molecule has 25 heavy (non-hydrogen) atoms. The fourth-order valence-corrected chi connectivity index (χ4v) is 3.14. The van der Waals surface area contributed by atoms with Gasteiger partial charge in [0, 0.05) is 28.9 Å². The molecular weight excluding hydrogens is 458 g/mol. The van der Waals surface area contributed by atoms with Crippen molar-refractivity contribution >= 4 is 52.3 Å². The number of amides is 1. The summed E-state index contributed by atoms with van der Waals surface area (Å²) in [6, 6.07) is 6.70. The molecule has 0 bridgehead atoms. The van der Waals surface area contributed by atoms with Gasteiger partial charge in [0.05, 0.1) is 23.1 Å². The number of anilines is 2. The Morgan fingerprint density at radius 3 is 2.68 bits per heavy atom. The molecule has 0 saturated carbocycles. The third kappa shape index (κ3) is 4.80. The number of nitrogens with one attached hydrogen (secondary N) is 1. The van der Waals surface area contributed by atoms with Crippen LogP contribution in [0.2, 0.25) is 0 Å². The number of nitrogens with zero attached hydrogens (tertiary/aromatic N) is 2. The van der Waals surface area contributed by atoms with Gasteiger partial charge >= 0.3 is 0 Å². The van der Waals surface area contributed by atoms with Crippen LogP contribution in [-0.4, -0.2) is 34.9 Å². The van der Waals surface area contributed by atoms with Crippen molar-refractivity contribution in [3.05, 3.63) is 51.6 Å². The van der Waals surface area contributed by atoms with Crippen molar-refractivity contribution in [3.8, 4) is 0 Å². The molecule has 2 heterocycles. The smallest absolute Gasteiger partial charge is 0.256 e. The quantitative estimate of drug-likeness (QED) is 0.665. The first-order valence-corrected chi connectivity index (χ1v) is 8.83. The zero-order chi connectivity index (χ0) is 17.1. The van der Waals surface area contributed by atoms with E-state index in [1.165, 1.54) is 6.07 Å². The van der Waals surface area contributed by atoms with Crippen LogP contribution in [0.3, 0.4) is 0 Å². The highest BCUT2D eigenvalue weighted by atomic mass is 127. The molecule has 1 aliphatic heterocycles. The van der Waals surface area contributed by atoms with Gasteiger partial charge in [-0.05, 0) is 59.7 Å². The van der Waals surface area contributed by atoms with E-state index < -0.39 is 0 Å². The highest BCUT2D eigenvalue weighted by molar-refractivity contribution is 14.1. The van der Waals surface area contributed by atoms with Crippen molar-refractivity contribution in [1.29, 1.82) is 0 Å². The van der Waals surface area contributed by atoms with Crippen LogP contribution in [0, 0.1) is 9.39 Å². The fourth-order valence-electron chi connectivity index (χ4n) is 2.69. The summed E-state index contributed by atoms with van der Waals surface area (Å²) in [6.45, 7) is 1.28. The van der Waals surface area contributed by atoms with Crippen molar-refractivity contribution in [3.63, 3.8) is 0 Å². The first-order valence-electron chi connectivity index (χ1n) is 7.75. The van der Waals surface area contributed by atoms with Crippen LogP contribution in [0.1, 0.15) is 23.2 Å². The van der Waals surface area contributed by atoms with E-state index in [1.807, 2.05) is 0 Å². The first-order chi connectivity index (χ1) is 11.5. The number of pyridine rings is 1. The maximum absolute atomic E-state index is 14.1. The summed E-state index contributed by atoms with van der Waals surface area (Å²) < 4.78 is 14.9. The summed E-state index contributed by atoms with van der Waals surface area (Å²) in [7, 11) is 0. The monoisotopic (exact) mass is 476 g/mol. The molecular formula is C17H19ClFIN4O. The average molecular weight is 477 g/mol. The Labute approximate surface area is 165 Å². The Hall–Kier alpha value is -1.45. The lowest BCUT2D eigenvalue weighted by atomic mass is 10.0. The van der Waals surface area contributed by atoms with Gasteiger partial charge < -0.3 is 16.0 Å². The highest BCUT2D eigenvalue weighted by Gasteiger charge is 2.23. The predicted molar refractivity (Wildman–Crippen MR) is 107 cm³/mol. The van der Waals surface area contributed by atoms with Gasteiger partial charge in [0.25, 0.3) is 5.91 Å². The van der Waals surface area contributed by atoms with Crippen molar-refractivity contribution in [1.82, 2.24) is 9.88 Å². The number of piperidine rings is 1. The molecule has 0 spiro atoms. The molecule has 0 atom stereocenters. The maximum Gasteiger partial charge on any atom is 0.256 e. The lowest BCUT2D eigenvalue weighted by Crippen LogP contribution is -2.43. The van der Waals surface area contributed by atoms with Gasteiger partial charge in [0.2, 0.25) is 0 Å². The van der Waals surface area contributed by atoms with Crippen LogP contribution in [-0.2, 0) is 0 Å². The van der Waals surface area contributed by atoms with Gasteiger partial charge in [-0.25, -0.2) is 4.39 Å². The lowest BCUT2D eigenvalue weighted by Gasteiger charge is -2.30. The molecule has 134 valence electrons. The summed E-state index contributed by atoms with van der Waals surface area (Å²) in [6.07, 6.45) is 4.70. The van der Waals surface area contributed by atoms with Crippen LogP contribution in [0.25, 0.3) is 0 Å². The largest absolute Gasteiger partial charge is 0.351 e. The van der Waals surface area contributed by atoms with Gasteiger partial charge in [0.1, 0.15) is 5.82 Å². The van der Waals surface area contributed by atoms with E-state index >= 15 is 0 Å². The van der Waals surface area contributed by atoms with Crippen LogP contribution in [0.4, 0.5) is 15.8 Å². The molecule has 0 unspecified atom stereocenters. The summed E-state index contributed by atoms with van der Waals surface area (Å²) in [5, 5.41) is 2.98. The molecule has 3 N–H and O–H groups in total. The second-order valence-corrected chi connectivity index (χ2v) is 7.05. The van der Waals surface area contributed by atoms with Crippen LogP contribution >= 0.6 is 35.0 Å². The molecule has 0 radical (unpaired) electrons. The molecule has 3 rings (SSSR count). The number of aromatic nitrogens is 1. The van der Waals surface area contributed by atoms with Crippen molar-refractivity contribution in [2.45, 2.75) is 18.9 Å². The fraction of sp³-hybridized carbons (Fsp3) is 0.294. The number of nitrogens with two attached hydrogens (primary N) is 1. The topological polar surface area (TPSA) is 71.2 Å². The number of hydrogen-bond donors (Lipinski definition) is 2. The van der Waals surface area contributed by atoms with Gasteiger partial charge in [0.15, 0.2) is 0 Å². The standard InChI is InChI=1S/C17H18FIN4O.ClH/c18-14-9-11(19)1-2-15(14)22-16-10-21-6-3-13(16)17(24)23-7-4-12(20)5-8-23;/h1-3,6,9-10,12,22H,4-5,7-8,20H2;1H. The van der Waals surface area contributed by atoms with Crippen molar-refractivity contribution in [2.75, 3.05) is 18.4 Å². The SMILES string of the molecule is Cl.NC1CCN(C(=O)c2ccncc2Nc2ccc(I)cc2F)CC1. The number of carbonyl (C=O) groups is 1. The average Bonchev–Trinajstić information content (AvgIpc) is 2.58. The van der Waals surface area contributed by atoms with Gasteiger partial charge in [-0.1, -0.05) is 0 Å². The summed E-state index contributed by atoms with van der Waals surface area (Å²) >= 11 is 2.05. The Morgan fingerprint density at radius 1 is 1.28 bits per heavy atom. The maximum atomic E-state index is 14.1. The molecule has 1 saturated heterocycles. The lowest BCUT2D eigenvalue weighted by molar-refractivity contribution is 0.0715. The normalized spacial score (nSPS) is 14.8. The Balaban J connectivity index is 0.00000225. The molecule has 2 aromatic rings. The molecule has 1 fully saturated rings. The number of rotatable bonds is 3. The van der Waals surface area contributed by atoms with Crippen LogP contribution < -0.4 is 11.1 Å². The van der Waals surface area contributed by atoms with Crippen LogP contribution in [0.15, 0.2) is 36.7 Å². The van der Waals surface area contributed by atoms with E-state index in [-0.39, 0.29) is 30.2 Å². The number of halogens is 3. The second kappa shape index (κ2) is 8.77. The van der Waals surface area contributed by atoms with E-state index in [0.29, 0.717) is 30.0 Å². The summed E-state index contributed by atoms with van der Waals surface area (Å²) in [5.41, 5.74) is 7.19.